The highest BCUT2D eigenvalue weighted by atomic mass is 19.4. The van der Waals surface area contributed by atoms with E-state index >= 15 is 0 Å². The van der Waals surface area contributed by atoms with Crippen LogP contribution in [-0.4, -0.2) is 21.1 Å². The van der Waals surface area contributed by atoms with Gasteiger partial charge in [-0.2, -0.15) is 18.2 Å². The van der Waals surface area contributed by atoms with Gasteiger partial charge in [-0.15, -0.1) is 0 Å². The molecule has 0 bridgehead atoms. The molecule has 0 spiro atoms. The summed E-state index contributed by atoms with van der Waals surface area (Å²) in [5.41, 5.74) is 9.55. The summed E-state index contributed by atoms with van der Waals surface area (Å²) >= 11 is 0. The largest absolute Gasteiger partial charge is 0.398 e. The van der Waals surface area contributed by atoms with Crippen LogP contribution >= 0.6 is 0 Å². The van der Waals surface area contributed by atoms with Crippen LogP contribution in [0.3, 0.4) is 0 Å². The first-order chi connectivity index (χ1) is 8.85. The first-order valence-electron chi connectivity index (χ1n) is 5.60. The van der Waals surface area contributed by atoms with Gasteiger partial charge < -0.3 is 11.5 Å². The van der Waals surface area contributed by atoms with Crippen LogP contribution in [-0.2, 0) is 5.41 Å². The molecule has 1 aliphatic rings. The Morgan fingerprint density at radius 3 is 2.37 bits per heavy atom. The Hall–Kier alpha value is -2.12. The van der Waals surface area contributed by atoms with Gasteiger partial charge >= 0.3 is 6.18 Å². The van der Waals surface area contributed by atoms with Crippen molar-refractivity contribution in [1.82, 2.24) is 15.0 Å². The van der Waals surface area contributed by atoms with E-state index in [2.05, 4.69) is 15.0 Å². The molecule has 2 aromatic rings. The number of nitrogens with zero attached hydrogens (tertiary/aromatic N) is 3. The lowest BCUT2D eigenvalue weighted by atomic mass is 9.94. The molecule has 0 atom stereocenters. The summed E-state index contributed by atoms with van der Waals surface area (Å²) < 4.78 is 39.6. The van der Waals surface area contributed by atoms with E-state index in [0.717, 1.165) is 0 Å². The van der Waals surface area contributed by atoms with Crippen molar-refractivity contribution in [2.75, 3.05) is 11.5 Å². The van der Waals surface area contributed by atoms with Crippen LogP contribution < -0.4 is 11.5 Å². The molecule has 0 aliphatic heterocycles. The molecule has 8 heteroatoms. The highest BCUT2D eigenvalue weighted by Gasteiger charge is 2.65. The van der Waals surface area contributed by atoms with Gasteiger partial charge in [0.05, 0.1) is 5.41 Å². The number of hydrogen-bond acceptors (Lipinski definition) is 5. The van der Waals surface area contributed by atoms with Crippen LogP contribution in [0.2, 0.25) is 0 Å². The molecule has 2 heterocycles. The van der Waals surface area contributed by atoms with E-state index in [0.29, 0.717) is 0 Å². The first kappa shape index (κ1) is 11.9. The summed E-state index contributed by atoms with van der Waals surface area (Å²) in [5.74, 6) is -0.167. The van der Waals surface area contributed by atoms with Crippen LogP contribution in [0.25, 0.3) is 11.0 Å². The van der Waals surface area contributed by atoms with Gasteiger partial charge in [-0.3, -0.25) is 4.98 Å². The topological polar surface area (TPSA) is 90.7 Å². The maximum absolute atomic E-state index is 13.2. The van der Waals surface area contributed by atoms with Crippen LogP contribution in [0.4, 0.5) is 24.9 Å². The lowest BCUT2D eigenvalue weighted by Crippen LogP contribution is -2.29. The van der Waals surface area contributed by atoms with Gasteiger partial charge in [-0.1, -0.05) is 0 Å². The Bertz CT molecular complexity index is 663. The number of rotatable bonds is 1. The summed E-state index contributed by atoms with van der Waals surface area (Å²) in [6.45, 7) is 0. The number of halogens is 3. The molecule has 1 saturated carbocycles. The Labute approximate surface area is 105 Å². The van der Waals surface area contributed by atoms with Crippen molar-refractivity contribution in [1.29, 1.82) is 0 Å². The van der Waals surface area contributed by atoms with Crippen LogP contribution in [0.15, 0.2) is 12.3 Å². The summed E-state index contributed by atoms with van der Waals surface area (Å²) in [5, 5.41) is 0. The maximum Gasteiger partial charge on any atom is 0.398 e. The molecule has 2 aromatic heterocycles. The number of fused-ring (bicyclic) bond motifs is 1. The van der Waals surface area contributed by atoms with Crippen molar-refractivity contribution >= 4 is 22.8 Å². The monoisotopic (exact) mass is 269 g/mol. The molecule has 1 aliphatic carbocycles. The van der Waals surface area contributed by atoms with Gasteiger partial charge in [-0.05, 0) is 24.5 Å². The fourth-order valence-corrected chi connectivity index (χ4v) is 2.29. The molecular formula is C11H10F3N5. The fourth-order valence-electron chi connectivity index (χ4n) is 2.29. The van der Waals surface area contributed by atoms with E-state index in [1.165, 1.54) is 12.3 Å². The van der Waals surface area contributed by atoms with E-state index in [1.807, 2.05) is 0 Å². The van der Waals surface area contributed by atoms with Crippen LogP contribution in [0.1, 0.15) is 18.4 Å². The van der Waals surface area contributed by atoms with Crippen molar-refractivity contribution in [3.63, 3.8) is 0 Å². The molecule has 19 heavy (non-hydrogen) atoms. The van der Waals surface area contributed by atoms with Crippen molar-refractivity contribution in [3.8, 4) is 0 Å². The van der Waals surface area contributed by atoms with Gasteiger partial charge in [0.25, 0.3) is 0 Å². The quantitative estimate of drug-likeness (QED) is 0.823. The molecule has 0 radical (unpaired) electrons. The number of hydrogen-bond donors (Lipinski definition) is 2. The van der Waals surface area contributed by atoms with E-state index in [9.17, 15) is 13.2 Å². The van der Waals surface area contributed by atoms with Crippen LogP contribution in [0.5, 0.6) is 0 Å². The fraction of sp³-hybridized carbons (Fsp3) is 0.364. The van der Waals surface area contributed by atoms with Gasteiger partial charge in [-0.25, -0.2) is 4.98 Å². The summed E-state index contributed by atoms with van der Waals surface area (Å²) in [7, 11) is 0. The molecule has 3 rings (SSSR count). The minimum atomic E-state index is -4.32. The van der Waals surface area contributed by atoms with E-state index in [1.54, 1.807) is 0 Å². The summed E-state index contributed by atoms with van der Waals surface area (Å²) in [6, 6.07) is 1.33. The molecular weight excluding hydrogens is 259 g/mol. The predicted octanol–water partition coefficient (Wildman–Crippen LogP) is 1.78. The third-order valence-corrected chi connectivity index (χ3v) is 3.44. The number of pyridine rings is 1. The molecule has 0 unspecified atom stereocenters. The Balaban J connectivity index is 2.32. The number of aromatic nitrogens is 3. The SMILES string of the molecule is Nc1nc(N)c2nccc(C3(C(F)(F)F)CC3)c2n1. The molecule has 0 aromatic carbocycles. The molecule has 1 fully saturated rings. The van der Waals surface area contributed by atoms with Gasteiger partial charge in [0, 0.05) is 6.20 Å². The molecule has 5 nitrogen and oxygen atoms in total. The Kier molecular flexibility index (Phi) is 2.17. The average Bonchev–Trinajstić information content (AvgIpc) is 3.08. The number of anilines is 2. The number of alkyl halides is 3. The molecule has 0 amide bonds. The van der Waals surface area contributed by atoms with E-state index < -0.39 is 11.6 Å². The summed E-state index contributed by atoms with van der Waals surface area (Å²) in [4.78, 5) is 11.5. The summed E-state index contributed by atoms with van der Waals surface area (Å²) in [6.07, 6.45) is -2.95. The third-order valence-electron chi connectivity index (χ3n) is 3.44. The normalized spacial score (nSPS) is 17.6. The zero-order valence-corrected chi connectivity index (χ0v) is 9.70. The minimum absolute atomic E-state index is 0.0117. The van der Waals surface area contributed by atoms with E-state index in [-0.39, 0.29) is 41.2 Å². The highest BCUT2D eigenvalue weighted by Crippen LogP contribution is 2.59. The zero-order chi connectivity index (χ0) is 13.8. The van der Waals surface area contributed by atoms with Crippen molar-refractivity contribution in [2.45, 2.75) is 24.4 Å². The Morgan fingerprint density at radius 1 is 1.11 bits per heavy atom. The van der Waals surface area contributed by atoms with Crippen molar-refractivity contribution in [3.05, 3.63) is 17.8 Å². The van der Waals surface area contributed by atoms with Crippen molar-refractivity contribution < 1.29 is 13.2 Å². The highest BCUT2D eigenvalue weighted by molar-refractivity contribution is 5.88. The third kappa shape index (κ3) is 1.59. The first-order valence-corrected chi connectivity index (χ1v) is 5.60. The maximum atomic E-state index is 13.2. The smallest absolute Gasteiger partial charge is 0.382 e. The molecule has 100 valence electrons. The second kappa shape index (κ2) is 3.46. The standard InChI is InChI=1S/C11H10F3N5/c12-11(13,14)10(2-3-10)5-1-4-17-7-6(5)18-9(16)19-8(7)15/h1,4H,2-3H2,(H4,15,16,18,19). The predicted molar refractivity (Wildman–Crippen MR) is 63.1 cm³/mol. The lowest BCUT2D eigenvalue weighted by Gasteiger charge is -2.20. The van der Waals surface area contributed by atoms with Crippen LogP contribution in [0, 0.1) is 0 Å². The Morgan fingerprint density at radius 2 is 1.79 bits per heavy atom. The average molecular weight is 269 g/mol. The van der Waals surface area contributed by atoms with Gasteiger partial charge in [0.15, 0.2) is 5.82 Å². The molecule has 0 saturated heterocycles. The second-order valence-electron chi connectivity index (χ2n) is 4.60. The molecule has 4 N–H and O–H groups in total. The second-order valence-corrected chi connectivity index (χ2v) is 4.60. The zero-order valence-electron chi connectivity index (χ0n) is 9.70. The van der Waals surface area contributed by atoms with Gasteiger partial charge in [0.2, 0.25) is 5.95 Å². The van der Waals surface area contributed by atoms with Gasteiger partial charge in [0.1, 0.15) is 11.0 Å². The number of nitrogen functional groups attached to an aromatic ring is 2. The number of nitrogens with two attached hydrogens (primary N) is 2. The lowest BCUT2D eigenvalue weighted by molar-refractivity contribution is -0.160. The van der Waals surface area contributed by atoms with Crippen molar-refractivity contribution in [2.24, 2.45) is 0 Å². The van der Waals surface area contributed by atoms with E-state index in [4.69, 9.17) is 11.5 Å². The minimum Gasteiger partial charge on any atom is -0.382 e.